The predicted molar refractivity (Wildman–Crippen MR) is 117 cm³/mol. The first-order valence-corrected chi connectivity index (χ1v) is 11.6. The maximum absolute atomic E-state index is 4.82. The Kier molecular flexibility index (Phi) is 6.58. The Morgan fingerprint density at radius 2 is 1.56 bits per heavy atom. The normalized spacial score (nSPS) is 26.1. The molecule has 2 fully saturated rings. The van der Waals surface area contributed by atoms with Gasteiger partial charge in [0.1, 0.15) is 0 Å². The lowest BCUT2D eigenvalue weighted by atomic mass is 9.57. The molecule has 2 nitrogen and oxygen atoms in total. The third kappa shape index (κ3) is 5.18. The number of pyridine rings is 1. The largest absolute Gasteiger partial charge is 0.366 e. The van der Waals surface area contributed by atoms with Crippen molar-refractivity contribution in [3.8, 4) is 0 Å². The van der Waals surface area contributed by atoms with Gasteiger partial charge in [0, 0.05) is 6.20 Å². The predicted octanol–water partition coefficient (Wildman–Crippen LogP) is 6.50. The van der Waals surface area contributed by atoms with Crippen molar-refractivity contribution in [3.63, 3.8) is 0 Å². The minimum absolute atomic E-state index is 0.713. The van der Waals surface area contributed by atoms with Crippen LogP contribution in [0.4, 0.5) is 0 Å². The second kappa shape index (κ2) is 9.30. The molecule has 2 aromatic heterocycles. The highest BCUT2D eigenvalue weighted by molar-refractivity contribution is 6.54. The highest BCUT2D eigenvalue weighted by Crippen LogP contribution is 2.32. The molecule has 145 valence electrons. The van der Waals surface area contributed by atoms with Gasteiger partial charge in [0.05, 0.1) is 11.0 Å². The number of hydrogen-bond acceptors (Lipinski definition) is 1. The van der Waals surface area contributed by atoms with E-state index in [0.717, 1.165) is 17.3 Å². The summed E-state index contributed by atoms with van der Waals surface area (Å²) in [6.07, 6.45) is 20.1. The molecule has 27 heavy (non-hydrogen) atoms. The molecule has 0 aliphatic heterocycles. The minimum Gasteiger partial charge on any atom is -0.366 e. The van der Waals surface area contributed by atoms with Crippen LogP contribution in [0, 0.1) is 5.92 Å². The monoisotopic (exact) mass is 363 g/mol. The molecule has 2 saturated carbocycles. The van der Waals surface area contributed by atoms with Crippen LogP contribution >= 0.6 is 0 Å². The summed E-state index contributed by atoms with van der Waals surface area (Å²) in [5.74, 6) is 2.37. The molecule has 2 aliphatic rings. The van der Waals surface area contributed by atoms with E-state index in [0.29, 0.717) is 5.92 Å². The van der Waals surface area contributed by atoms with Gasteiger partial charge in [-0.05, 0) is 48.0 Å². The first-order chi connectivity index (χ1) is 13.3. The molecule has 4 rings (SSSR count). The lowest BCUT2D eigenvalue weighted by molar-refractivity contribution is 0.403. The van der Waals surface area contributed by atoms with Crippen molar-refractivity contribution in [3.05, 3.63) is 23.9 Å². The number of rotatable bonds is 3. The van der Waals surface area contributed by atoms with Crippen LogP contribution in [0.25, 0.3) is 11.0 Å². The van der Waals surface area contributed by atoms with Gasteiger partial charge in [-0.1, -0.05) is 83.4 Å². The van der Waals surface area contributed by atoms with Crippen molar-refractivity contribution < 1.29 is 0 Å². The highest BCUT2D eigenvalue weighted by Gasteiger charge is 2.18. The number of nitrogens with one attached hydrogen (secondary N) is 1. The van der Waals surface area contributed by atoms with E-state index in [1.807, 2.05) is 0 Å². The van der Waals surface area contributed by atoms with E-state index >= 15 is 0 Å². The zero-order valence-electron chi connectivity index (χ0n) is 17.2. The van der Waals surface area contributed by atoms with Crippen LogP contribution in [0.1, 0.15) is 102 Å². The zero-order chi connectivity index (χ0) is 18.5. The van der Waals surface area contributed by atoms with E-state index in [-0.39, 0.29) is 0 Å². The fraction of sp³-hybridized carbons (Fsp3) is 0.708. The number of fused-ring (bicyclic) bond motifs is 1. The molecule has 0 amide bonds. The van der Waals surface area contributed by atoms with Crippen LogP contribution in [0.3, 0.4) is 0 Å². The summed E-state index contributed by atoms with van der Waals surface area (Å²) in [6.45, 7) is 2.42. The van der Waals surface area contributed by atoms with E-state index in [1.54, 1.807) is 0 Å². The topological polar surface area (TPSA) is 28.7 Å². The molecular formula is C24H36BN2. The van der Waals surface area contributed by atoms with Gasteiger partial charge in [-0.25, -0.2) is 0 Å². The lowest BCUT2D eigenvalue weighted by Crippen LogP contribution is -2.21. The Labute approximate surface area is 166 Å². The van der Waals surface area contributed by atoms with Crippen molar-refractivity contribution in [2.24, 2.45) is 5.92 Å². The van der Waals surface area contributed by atoms with Gasteiger partial charge < -0.3 is 4.98 Å². The van der Waals surface area contributed by atoms with E-state index in [1.165, 1.54) is 100 Å². The fourth-order valence-electron chi connectivity index (χ4n) is 5.31. The number of nitrogens with zero attached hydrogens (tertiary/aromatic N) is 1. The molecule has 2 aromatic rings. The van der Waals surface area contributed by atoms with E-state index in [4.69, 9.17) is 4.98 Å². The third-order valence-corrected chi connectivity index (χ3v) is 7.05. The van der Waals surface area contributed by atoms with Gasteiger partial charge >= 0.3 is 0 Å². The molecule has 1 N–H and O–H groups in total. The van der Waals surface area contributed by atoms with Crippen LogP contribution in [-0.4, -0.2) is 17.2 Å². The molecule has 0 atom stereocenters. The van der Waals surface area contributed by atoms with E-state index in [2.05, 4.69) is 37.5 Å². The Bertz CT molecular complexity index is 704. The minimum atomic E-state index is 0.713. The van der Waals surface area contributed by atoms with Crippen LogP contribution in [-0.2, 0) is 0 Å². The summed E-state index contributed by atoms with van der Waals surface area (Å²) in [6, 6.07) is 4.66. The van der Waals surface area contributed by atoms with Gasteiger partial charge in [-0.15, -0.1) is 0 Å². The van der Waals surface area contributed by atoms with Gasteiger partial charge in [0.25, 0.3) is 0 Å². The molecule has 0 bridgehead atoms. The molecule has 0 aromatic carbocycles. The molecular weight excluding hydrogens is 327 g/mol. The molecule has 3 heteroatoms. The second-order valence-corrected chi connectivity index (χ2v) is 9.36. The molecule has 2 heterocycles. The summed E-state index contributed by atoms with van der Waals surface area (Å²) in [4.78, 5) is 8.49. The summed E-state index contributed by atoms with van der Waals surface area (Å²) < 4.78 is 0. The standard InChI is InChI=1S/C24H36BN2/c1-18-9-7-13-21(14-8-10-18)25-24-16-22-23(27-24)15-20(17-26-22)19-11-5-3-2-4-6-12-19/h15-19,21,27H,2-14H2,1H3. The SMILES string of the molecule is CC1CCCC([B]c2cc3ncc(C4CCCCCCC4)cc3[nH]2)CCC1. The van der Waals surface area contributed by atoms with Crippen LogP contribution < -0.4 is 5.59 Å². The van der Waals surface area contributed by atoms with E-state index in [9.17, 15) is 0 Å². The summed E-state index contributed by atoms with van der Waals surface area (Å²) in [5, 5.41) is 0. The van der Waals surface area contributed by atoms with Gasteiger partial charge in [0.15, 0.2) is 7.28 Å². The lowest BCUT2D eigenvalue weighted by Gasteiger charge is -2.21. The number of hydrogen-bond donors (Lipinski definition) is 1. The zero-order valence-corrected chi connectivity index (χ0v) is 17.2. The summed E-state index contributed by atoms with van der Waals surface area (Å²) in [5.41, 5.74) is 5.11. The summed E-state index contributed by atoms with van der Waals surface area (Å²) >= 11 is 0. The smallest absolute Gasteiger partial charge is 0.178 e. The highest BCUT2D eigenvalue weighted by atomic mass is 14.8. The second-order valence-electron chi connectivity index (χ2n) is 9.36. The van der Waals surface area contributed by atoms with Crippen molar-refractivity contribution in [1.82, 2.24) is 9.97 Å². The van der Waals surface area contributed by atoms with Gasteiger partial charge in [-0.2, -0.15) is 0 Å². The molecule has 0 spiro atoms. The maximum atomic E-state index is 4.82. The Morgan fingerprint density at radius 3 is 2.30 bits per heavy atom. The van der Waals surface area contributed by atoms with Crippen LogP contribution in [0.2, 0.25) is 5.82 Å². The average molecular weight is 363 g/mol. The Hall–Kier alpha value is -1.25. The molecule has 0 saturated heterocycles. The van der Waals surface area contributed by atoms with Crippen molar-refractivity contribution in [1.29, 1.82) is 0 Å². The Balaban J connectivity index is 1.44. The van der Waals surface area contributed by atoms with Crippen molar-refractivity contribution in [2.75, 3.05) is 0 Å². The Morgan fingerprint density at radius 1 is 0.852 bits per heavy atom. The number of H-pyrrole nitrogens is 1. The van der Waals surface area contributed by atoms with Crippen molar-refractivity contribution >= 4 is 23.9 Å². The molecule has 2 aliphatic carbocycles. The third-order valence-electron chi connectivity index (χ3n) is 7.05. The van der Waals surface area contributed by atoms with Gasteiger partial charge in [0.2, 0.25) is 0 Å². The van der Waals surface area contributed by atoms with Crippen LogP contribution in [0.15, 0.2) is 18.3 Å². The number of aromatic nitrogens is 2. The van der Waals surface area contributed by atoms with Gasteiger partial charge in [-0.3, -0.25) is 4.98 Å². The van der Waals surface area contributed by atoms with E-state index < -0.39 is 0 Å². The molecule has 1 radical (unpaired) electrons. The summed E-state index contributed by atoms with van der Waals surface area (Å²) in [7, 11) is 2.49. The number of aromatic amines is 1. The fourth-order valence-corrected chi connectivity index (χ4v) is 5.31. The maximum Gasteiger partial charge on any atom is 0.178 e. The quantitative estimate of drug-likeness (QED) is 0.620. The van der Waals surface area contributed by atoms with Crippen LogP contribution in [0.5, 0.6) is 0 Å². The first-order valence-electron chi connectivity index (χ1n) is 11.6. The van der Waals surface area contributed by atoms with Crippen molar-refractivity contribution in [2.45, 2.75) is 102 Å². The first kappa shape index (κ1) is 19.1. The molecule has 0 unspecified atom stereocenters. The average Bonchev–Trinajstić information content (AvgIpc) is 3.01.